The quantitative estimate of drug-likeness (QED) is 0.241. The zero-order chi connectivity index (χ0) is 26.0. The maximum atomic E-state index is 11.8. The van der Waals surface area contributed by atoms with Gasteiger partial charge in [0.25, 0.3) is 0 Å². The number of amides is 2. The van der Waals surface area contributed by atoms with Crippen LogP contribution in [0.2, 0.25) is 0 Å². The molecule has 0 bridgehead atoms. The number of hydrogen-bond acceptors (Lipinski definition) is 6. The van der Waals surface area contributed by atoms with Gasteiger partial charge in [0.2, 0.25) is 11.8 Å². The molecular formula is C26H48N2O6. The van der Waals surface area contributed by atoms with Crippen molar-refractivity contribution in [2.24, 2.45) is 10.8 Å². The highest BCUT2D eigenvalue weighted by molar-refractivity contribution is 5.79. The average Bonchev–Trinajstić information content (AvgIpc) is 2.69. The van der Waals surface area contributed by atoms with Gasteiger partial charge in [-0.15, -0.1) is 0 Å². The number of nitrogens with one attached hydrogen (secondary N) is 2. The Morgan fingerprint density at radius 1 is 0.618 bits per heavy atom. The third kappa shape index (κ3) is 20.8. The molecule has 8 nitrogen and oxygen atoms in total. The van der Waals surface area contributed by atoms with Crippen LogP contribution in [0.15, 0.2) is 0 Å². The first-order chi connectivity index (χ1) is 15.8. The van der Waals surface area contributed by atoms with Gasteiger partial charge < -0.3 is 29.7 Å². The molecule has 0 heterocycles. The molecule has 198 valence electrons. The summed E-state index contributed by atoms with van der Waals surface area (Å²) in [6.07, 6.45) is 4.41. The van der Waals surface area contributed by atoms with Crippen LogP contribution in [0.5, 0.6) is 0 Å². The van der Waals surface area contributed by atoms with Gasteiger partial charge >= 0.3 is 0 Å². The molecule has 0 aliphatic carbocycles. The van der Waals surface area contributed by atoms with Crippen molar-refractivity contribution in [1.29, 1.82) is 0 Å². The van der Waals surface area contributed by atoms with Gasteiger partial charge in [0.15, 0.2) is 0 Å². The van der Waals surface area contributed by atoms with E-state index < -0.39 is 0 Å². The van der Waals surface area contributed by atoms with E-state index in [1.807, 2.05) is 0 Å². The number of Topliss-reactive ketones (excluding diaryl/α,β-unsaturated/α-hetero) is 2. The molecule has 0 aliphatic rings. The smallest absolute Gasteiger partial charge is 0.220 e. The second-order valence-corrected chi connectivity index (χ2v) is 10.8. The molecular weight excluding hydrogens is 436 g/mol. The van der Waals surface area contributed by atoms with Crippen molar-refractivity contribution in [3.8, 4) is 0 Å². The number of ketones is 2. The third-order valence-corrected chi connectivity index (χ3v) is 5.26. The monoisotopic (exact) mass is 484 g/mol. The second kappa shape index (κ2) is 17.6. The summed E-state index contributed by atoms with van der Waals surface area (Å²) in [6, 6.07) is 0. The number of rotatable bonds is 21. The summed E-state index contributed by atoms with van der Waals surface area (Å²) < 4.78 is 11.7. The first-order valence-electron chi connectivity index (χ1n) is 12.5. The molecule has 34 heavy (non-hydrogen) atoms. The minimum atomic E-state index is -0.128. The Balaban J connectivity index is 3.86. The van der Waals surface area contributed by atoms with Gasteiger partial charge in [-0.1, -0.05) is 27.7 Å². The van der Waals surface area contributed by atoms with Gasteiger partial charge in [0, 0.05) is 50.8 Å². The molecule has 0 aromatic rings. The van der Waals surface area contributed by atoms with E-state index in [9.17, 15) is 19.2 Å². The van der Waals surface area contributed by atoms with Gasteiger partial charge in [0.1, 0.15) is 11.6 Å². The third-order valence-electron chi connectivity index (χ3n) is 5.26. The van der Waals surface area contributed by atoms with Crippen LogP contribution in [0.4, 0.5) is 0 Å². The summed E-state index contributed by atoms with van der Waals surface area (Å²) in [4.78, 5) is 45.3. The van der Waals surface area contributed by atoms with E-state index in [4.69, 9.17) is 9.47 Å². The zero-order valence-corrected chi connectivity index (χ0v) is 22.3. The lowest BCUT2D eigenvalue weighted by Gasteiger charge is -2.29. The molecule has 0 saturated carbocycles. The Bertz CT molecular complexity index is 631. The molecule has 2 amide bonds. The summed E-state index contributed by atoms with van der Waals surface area (Å²) in [7, 11) is 0. The molecule has 0 unspecified atom stereocenters. The van der Waals surface area contributed by atoms with Crippen molar-refractivity contribution < 1.29 is 28.7 Å². The van der Waals surface area contributed by atoms with Gasteiger partial charge in [-0.2, -0.15) is 0 Å². The van der Waals surface area contributed by atoms with Crippen LogP contribution >= 0.6 is 0 Å². The number of ether oxygens (including phenoxy) is 2. The molecule has 0 spiro atoms. The van der Waals surface area contributed by atoms with Crippen LogP contribution in [0.3, 0.4) is 0 Å². The molecule has 0 saturated heterocycles. The normalized spacial score (nSPS) is 11.8. The Morgan fingerprint density at radius 2 is 1.09 bits per heavy atom. The lowest BCUT2D eigenvalue weighted by Crippen LogP contribution is -2.32. The average molecular weight is 485 g/mol. The molecule has 0 aromatic heterocycles. The summed E-state index contributed by atoms with van der Waals surface area (Å²) in [5.74, 6) is 0.189. The van der Waals surface area contributed by atoms with Gasteiger partial charge in [-0.3, -0.25) is 9.59 Å². The van der Waals surface area contributed by atoms with Crippen LogP contribution in [0.25, 0.3) is 0 Å². The lowest BCUT2D eigenvalue weighted by atomic mass is 9.90. The van der Waals surface area contributed by atoms with E-state index in [1.54, 1.807) is 0 Å². The molecule has 0 atom stereocenters. The fourth-order valence-electron chi connectivity index (χ4n) is 3.18. The largest absolute Gasteiger partial charge is 0.381 e. The fraction of sp³-hybridized carbons (Fsp3) is 0.846. The first kappa shape index (κ1) is 32.2. The van der Waals surface area contributed by atoms with Crippen molar-refractivity contribution in [1.82, 2.24) is 10.6 Å². The van der Waals surface area contributed by atoms with Crippen LogP contribution in [0.1, 0.15) is 92.9 Å². The van der Waals surface area contributed by atoms with Crippen LogP contribution in [-0.4, -0.2) is 62.9 Å². The van der Waals surface area contributed by atoms with E-state index in [0.717, 1.165) is 12.8 Å². The fourth-order valence-corrected chi connectivity index (χ4v) is 3.18. The maximum absolute atomic E-state index is 11.8. The zero-order valence-electron chi connectivity index (χ0n) is 22.3. The van der Waals surface area contributed by atoms with Crippen LogP contribution in [0, 0.1) is 10.8 Å². The molecule has 0 aliphatic heterocycles. The number of hydrogen-bond donors (Lipinski definition) is 2. The van der Waals surface area contributed by atoms with Crippen molar-refractivity contribution in [2.45, 2.75) is 92.9 Å². The second-order valence-electron chi connectivity index (χ2n) is 10.8. The molecule has 0 aromatic carbocycles. The Labute approximate surface area is 206 Å². The van der Waals surface area contributed by atoms with Crippen molar-refractivity contribution in [2.75, 3.05) is 39.5 Å². The first-order valence-corrected chi connectivity index (χ1v) is 12.5. The van der Waals surface area contributed by atoms with Crippen molar-refractivity contribution in [3.63, 3.8) is 0 Å². The van der Waals surface area contributed by atoms with E-state index in [1.165, 1.54) is 13.8 Å². The molecule has 8 heteroatoms. The number of carbonyl (C=O) groups is 4. The van der Waals surface area contributed by atoms with E-state index in [-0.39, 0.29) is 34.2 Å². The molecule has 0 rings (SSSR count). The van der Waals surface area contributed by atoms with Crippen LogP contribution in [-0.2, 0) is 28.7 Å². The van der Waals surface area contributed by atoms with E-state index in [0.29, 0.717) is 78.0 Å². The summed E-state index contributed by atoms with van der Waals surface area (Å²) in [5.41, 5.74) is -0.191. The Kier molecular flexibility index (Phi) is 16.7. The van der Waals surface area contributed by atoms with Crippen LogP contribution < -0.4 is 10.6 Å². The highest BCUT2D eigenvalue weighted by Crippen LogP contribution is 2.23. The predicted octanol–water partition coefficient (Wildman–Crippen LogP) is 3.60. The van der Waals surface area contributed by atoms with Gasteiger partial charge in [-0.25, -0.2) is 0 Å². The number of carbonyl (C=O) groups excluding carboxylic acids is 4. The van der Waals surface area contributed by atoms with Gasteiger partial charge in [0.05, 0.1) is 19.8 Å². The lowest BCUT2D eigenvalue weighted by molar-refractivity contribution is -0.123. The summed E-state index contributed by atoms with van der Waals surface area (Å²) >= 11 is 0. The molecule has 2 N–H and O–H groups in total. The highest BCUT2D eigenvalue weighted by atomic mass is 16.5. The van der Waals surface area contributed by atoms with Gasteiger partial charge in [-0.05, 0) is 44.9 Å². The van der Waals surface area contributed by atoms with E-state index in [2.05, 4.69) is 38.3 Å². The minimum Gasteiger partial charge on any atom is -0.381 e. The maximum Gasteiger partial charge on any atom is 0.220 e. The Morgan fingerprint density at radius 3 is 1.62 bits per heavy atom. The standard InChI is InChI=1S/C26H48N2O6/c1-21(29)10-7-12-23(31)27-15-9-17-33-19-26(5,6)20-34-18-25(3,4)14-16-28-24(32)13-8-11-22(2)30/h7-20H2,1-6H3,(H,27,31)(H,28,32). The molecule has 0 radical (unpaired) electrons. The van der Waals surface area contributed by atoms with Crippen molar-refractivity contribution >= 4 is 23.4 Å². The predicted molar refractivity (Wildman–Crippen MR) is 134 cm³/mol. The molecule has 0 fully saturated rings. The summed E-state index contributed by atoms with van der Waals surface area (Å²) in [6.45, 7) is 14.9. The van der Waals surface area contributed by atoms with Crippen molar-refractivity contribution in [3.05, 3.63) is 0 Å². The topological polar surface area (TPSA) is 111 Å². The SMILES string of the molecule is CC(=O)CCCC(=O)NCCCOCC(C)(C)COCC(C)(C)CCNC(=O)CCCC(C)=O. The minimum absolute atomic E-state index is 0.0104. The Hall–Kier alpha value is -1.80. The summed E-state index contributed by atoms with van der Waals surface area (Å²) in [5, 5.41) is 5.77. The highest BCUT2D eigenvalue weighted by Gasteiger charge is 2.23. The van der Waals surface area contributed by atoms with E-state index >= 15 is 0 Å².